The molecule has 0 fully saturated rings. The van der Waals surface area contributed by atoms with Crippen LogP contribution in [0.2, 0.25) is 0 Å². The molecule has 0 aliphatic carbocycles. The fourth-order valence-corrected chi connectivity index (χ4v) is 13.2. The fourth-order valence-electron chi connectivity index (χ4n) is 13.2. The number of nitrogens with zero attached hydrogens (tertiary/aromatic N) is 10. The van der Waals surface area contributed by atoms with Crippen molar-refractivity contribution in [3.05, 3.63) is 288 Å². The molecule has 4 heterocycles. The van der Waals surface area contributed by atoms with Gasteiger partial charge in [-0.05, 0) is 158 Å². The fraction of sp³-hybridized carbons (Fsp3) is 0.258. The molecule has 0 saturated carbocycles. The molecule has 10 aromatic carbocycles. The minimum atomic E-state index is 0. The zero-order valence-corrected chi connectivity index (χ0v) is 70.9. The minimum absolute atomic E-state index is 0. The Morgan fingerprint density at radius 2 is 0.767 bits per heavy atom. The van der Waals surface area contributed by atoms with E-state index in [9.17, 15) is 14.7 Å². The Bertz CT molecular complexity index is 5850. The molecular weight excluding hydrogens is 1550 g/mol. The van der Waals surface area contributed by atoms with Gasteiger partial charge in [-0.2, -0.15) is 4.57 Å². The summed E-state index contributed by atoms with van der Waals surface area (Å²) in [4.78, 5) is 66.9. The molecule has 0 aliphatic heterocycles. The number of aromatic nitrogens is 8. The van der Waals surface area contributed by atoms with Gasteiger partial charge >= 0.3 is 0 Å². The third-order valence-corrected chi connectivity index (χ3v) is 20.0. The van der Waals surface area contributed by atoms with Crippen molar-refractivity contribution >= 4 is 67.6 Å². The van der Waals surface area contributed by atoms with Crippen LogP contribution in [0.15, 0.2) is 253 Å². The lowest BCUT2D eigenvalue weighted by molar-refractivity contribution is -0.644. The second-order valence-electron chi connectivity index (χ2n) is 33.0. The number of Topliss-reactive ketones (excluding diaryl/α,β-unsaturated/α-hetero) is 2. The van der Waals surface area contributed by atoms with Crippen molar-refractivity contribution in [2.45, 2.75) is 144 Å². The Labute approximate surface area is 698 Å². The molecule has 0 atom stereocenters. The number of guanidine groups is 2. The molecule has 116 heavy (non-hydrogen) atoms. The number of carbonyl (C=O) groups excluding carboxylic acids is 2. The maximum absolute atomic E-state index is 12.9. The molecule has 4 aromatic heterocycles. The van der Waals surface area contributed by atoms with Crippen LogP contribution in [0.5, 0.6) is 0 Å². The summed E-state index contributed by atoms with van der Waals surface area (Å²) in [6.07, 6.45) is 9.28. The maximum Gasteiger partial charge on any atom is 0.230 e. The summed E-state index contributed by atoms with van der Waals surface area (Å²) < 4.78 is 2.07. The van der Waals surface area contributed by atoms with Gasteiger partial charge in [0.1, 0.15) is 18.3 Å². The summed E-state index contributed by atoms with van der Waals surface area (Å²) in [6.45, 7) is 27.7. The van der Waals surface area contributed by atoms with Crippen LogP contribution in [0.3, 0.4) is 0 Å². The number of aliphatic hydroxyl groups is 1. The SMILES string of the molecule is CC(C)(C)c1ccc(-c2cc(C(=O)CCCN)cc(-c3cnc4ccccc4n3)c2)cc1.CC(C)(C)c1ccc(-c2cnc3c(CN=C(N)N)cccc3n2)cc1.CC(C)(C)c1cccc(-c2cnc3c(CN=C(N)N)cccc3n2)c1.C[n+]1cc(-c2cc(C(=O)CCCO)cc(-c3ccc(C(C)(C)C)cc3)c2)nc2ccccc21.[I-]. The predicted octanol–water partition coefficient (Wildman–Crippen LogP) is 15.6. The molecule has 19 heteroatoms. The van der Waals surface area contributed by atoms with Gasteiger partial charge in [-0.25, -0.2) is 29.9 Å². The van der Waals surface area contributed by atoms with Crippen LogP contribution < -0.4 is 57.2 Å². The first-order valence-electron chi connectivity index (χ1n) is 39.0. The zero-order chi connectivity index (χ0) is 82.4. The molecule has 14 aromatic rings. The average Bonchev–Trinajstić information content (AvgIpc) is 0.793. The van der Waals surface area contributed by atoms with Gasteiger partial charge in [0.2, 0.25) is 5.52 Å². The van der Waals surface area contributed by atoms with Crippen LogP contribution in [0.4, 0.5) is 0 Å². The van der Waals surface area contributed by atoms with Gasteiger partial charge in [0.25, 0.3) is 0 Å². The quantitative estimate of drug-likeness (QED) is 0.0153. The van der Waals surface area contributed by atoms with Crippen LogP contribution in [0.1, 0.15) is 163 Å². The number of hydrogen-bond acceptors (Lipinski definition) is 13. The van der Waals surface area contributed by atoms with Gasteiger partial charge in [-0.15, -0.1) is 0 Å². The smallest absolute Gasteiger partial charge is 0.230 e. The summed E-state index contributed by atoms with van der Waals surface area (Å²) >= 11 is 0. The average molecular weight is 1660 g/mol. The maximum atomic E-state index is 12.9. The van der Waals surface area contributed by atoms with E-state index in [-0.39, 0.29) is 75.7 Å². The molecular formula is C97H106IN15O3. The van der Waals surface area contributed by atoms with E-state index in [1.165, 1.54) is 22.3 Å². The molecule has 0 aliphatic rings. The summed E-state index contributed by atoms with van der Waals surface area (Å²) in [5, 5.41) is 9.19. The highest BCUT2D eigenvalue weighted by molar-refractivity contribution is 6.00. The number of aryl methyl sites for hydroxylation is 1. The van der Waals surface area contributed by atoms with Crippen LogP contribution >= 0.6 is 0 Å². The van der Waals surface area contributed by atoms with Gasteiger partial charge in [-0.1, -0.05) is 223 Å². The number of para-hydroxylation sites is 6. The van der Waals surface area contributed by atoms with Gasteiger partial charge in [-0.3, -0.25) is 24.5 Å². The van der Waals surface area contributed by atoms with Crippen molar-refractivity contribution in [1.82, 2.24) is 34.9 Å². The first kappa shape index (κ1) is 86.5. The number of hydrogen-bond donors (Lipinski definition) is 6. The molecule has 0 spiro atoms. The van der Waals surface area contributed by atoms with Gasteiger partial charge in [0.15, 0.2) is 29.7 Å². The number of fused-ring (bicyclic) bond motifs is 4. The van der Waals surface area contributed by atoms with Crippen LogP contribution in [0, 0.1) is 0 Å². The molecule has 11 N–H and O–H groups in total. The molecule has 594 valence electrons. The van der Waals surface area contributed by atoms with Crippen LogP contribution in [-0.4, -0.2) is 76.6 Å². The Morgan fingerprint density at radius 1 is 0.379 bits per heavy atom. The third kappa shape index (κ3) is 22.6. The number of carbonyl (C=O) groups is 2. The van der Waals surface area contributed by atoms with E-state index in [4.69, 9.17) is 48.6 Å². The Balaban J connectivity index is 0.000000164. The van der Waals surface area contributed by atoms with Gasteiger partial charge < -0.3 is 57.8 Å². The van der Waals surface area contributed by atoms with Crippen molar-refractivity contribution in [1.29, 1.82) is 0 Å². The van der Waals surface area contributed by atoms with E-state index in [1.807, 2.05) is 129 Å². The molecule has 14 rings (SSSR count). The van der Waals surface area contributed by atoms with Crippen molar-refractivity contribution in [2.24, 2.45) is 45.7 Å². The van der Waals surface area contributed by atoms with Crippen molar-refractivity contribution in [2.75, 3.05) is 13.2 Å². The third-order valence-electron chi connectivity index (χ3n) is 20.0. The van der Waals surface area contributed by atoms with Crippen LogP contribution in [0.25, 0.3) is 111 Å². The molecule has 0 amide bonds. The van der Waals surface area contributed by atoms with E-state index in [1.54, 1.807) is 12.4 Å². The second-order valence-corrected chi connectivity index (χ2v) is 33.0. The summed E-state index contributed by atoms with van der Waals surface area (Å²) in [5.74, 6) is 0.267. The van der Waals surface area contributed by atoms with Crippen molar-refractivity contribution < 1.29 is 43.2 Å². The van der Waals surface area contributed by atoms with Crippen molar-refractivity contribution in [3.63, 3.8) is 0 Å². The summed E-state index contributed by atoms with van der Waals surface area (Å²) in [6, 6.07) is 73.6. The first-order chi connectivity index (χ1) is 54.8. The molecule has 0 saturated heterocycles. The topological polar surface area (TPSA) is 303 Å². The Morgan fingerprint density at radius 3 is 1.24 bits per heavy atom. The summed E-state index contributed by atoms with van der Waals surface area (Å²) in [5.41, 5.74) is 54.3. The summed E-state index contributed by atoms with van der Waals surface area (Å²) in [7, 11) is 2.01. The second kappa shape index (κ2) is 38.0. The lowest BCUT2D eigenvalue weighted by atomic mass is 9.86. The standard InChI is InChI=1S/C29H31N2O2.C28H29N3O.2C20H23N5.HI/c1-29(2,3)24-13-11-20(12-14-24)21-16-22(18-23(17-21)28(33)10-7-15-32)26-19-31(4)27-9-6-5-8-25(27)30-26;1-28(2,3)23-12-10-19(11-13-23)20-15-21(17-22(16-20)27(32)9-6-14-29)26-18-30-24-7-4-5-8-25(24)31-26;1-20(2,3)15-8-4-6-13(10-15)17-12-23-18-14(11-24-19(21)22)7-5-9-16(18)25-17;1-20(2,3)15-9-7-13(8-10-15)17-12-23-18-14(11-24-19(21)22)5-4-6-16(18)25-17;/h5-6,8-9,11-14,16-19,32H,7,10,15H2,1-4H3;4-5,7-8,10-13,15-18H,6,9,14,29H2,1-3H3;2*4-10,12H,11H2,1-3H3,(H4,21,22,24);1H/q+1;;;;/p-1. The number of rotatable bonds is 18. The monoisotopic (exact) mass is 1660 g/mol. The highest BCUT2D eigenvalue weighted by atomic mass is 127. The number of halogens is 1. The lowest BCUT2D eigenvalue weighted by Crippen LogP contribution is -3.00. The van der Waals surface area contributed by atoms with E-state index in [2.05, 4.69) is 222 Å². The largest absolute Gasteiger partial charge is 1.00 e. The van der Waals surface area contributed by atoms with E-state index in [0.717, 1.165) is 123 Å². The Kier molecular flexibility index (Phi) is 28.4. The molecule has 0 unspecified atom stereocenters. The van der Waals surface area contributed by atoms with Crippen molar-refractivity contribution in [3.8, 4) is 67.3 Å². The molecule has 0 bridgehead atoms. The lowest BCUT2D eigenvalue weighted by Gasteiger charge is -2.19. The number of aliphatic imine (C=N–C) groups is 2. The zero-order valence-electron chi connectivity index (χ0n) is 68.8. The number of benzene rings is 10. The minimum Gasteiger partial charge on any atom is -1.00 e. The molecule has 0 radical (unpaired) electrons. The number of aliphatic hydroxyl groups excluding tert-OH is 1. The number of nitrogens with two attached hydrogens (primary N) is 5. The highest BCUT2D eigenvalue weighted by Gasteiger charge is 2.22. The number of ketones is 2. The normalized spacial score (nSPS) is 11.5. The van der Waals surface area contributed by atoms with Crippen LogP contribution in [-0.2, 0) is 41.8 Å². The van der Waals surface area contributed by atoms with Gasteiger partial charge in [0, 0.05) is 70.0 Å². The highest BCUT2D eigenvalue weighted by Crippen LogP contribution is 2.36. The molecule has 18 nitrogen and oxygen atoms in total. The van der Waals surface area contributed by atoms with E-state index >= 15 is 0 Å². The Hall–Kier alpha value is -11.9. The van der Waals surface area contributed by atoms with E-state index in [0.29, 0.717) is 56.4 Å². The van der Waals surface area contributed by atoms with Gasteiger partial charge in [0.05, 0.1) is 81.9 Å². The first-order valence-corrected chi connectivity index (χ1v) is 39.0. The predicted molar refractivity (Wildman–Crippen MR) is 471 cm³/mol. The van der Waals surface area contributed by atoms with E-state index < -0.39 is 0 Å².